The highest BCUT2D eigenvalue weighted by Crippen LogP contribution is 2.02. The molecule has 0 spiro atoms. The molecule has 0 heterocycles. The Morgan fingerprint density at radius 1 is 1.05 bits per heavy atom. The Bertz CT molecular complexity index is 607. The summed E-state index contributed by atoms with van der Waals surface area (Å²) in [6.45, 7) is 4.54. The zero-order valence-corrected chi connectivity index (χ0v) is 12.9. The van der Waals surface area contributed by atoms with Crippen LogP contribution in [-0.2, 0) is 19.1 Å². The van der Waals surface area contributed by atoms with Gasteiger partial charge in [-0.05, 0) is 42.8 Å². The van der Waals surface area contributed by atoms with E-state index in [4.69, 9.17) is 9.47 Å². The summed E-state index contributed by atoms with van der Waals surface area (Å²) in [6, 6.07) is 0. The van der Waals surface area contributed by atoms with Gasteiger partial charge in [-0.2, -0.15) is 0 Å². The SMILES string of the molecule is CC#CC#CC#C/C=C/C=C/[C@H](CCOC(C)=O)OC(C)=O. The quantitative estimate of drug-likeness (QED) is 0.428. The van der Waals surface area contributed by atoms with Crippen LogP contribution in [0.4, 0.5) is 0 Å². The van der Waals surface area contributed by atoms with Gasteiger partial charge in [0.15, 0.2) is 0 Å². The molecule has 0 aliphatic rings. The second-order valence-electron chi connectivity index (χ2n) is 3.91. The standard InChI is InChI=1S/C18H18O4/c1-4-5-6-7-8-9-10-11-12-13-18(22-17(3)20)14-15-21-16(2)19/h10-13,18H,14-15H2,1-3H3/b11-10+,13-12+/t18-/m1/s1. The van der Waals surface area contributed by atoms with Crippen LogP contribution < -0.4 is 0 Å². The molecule has 4 heteroatoms. The Balaban J connectivity index is 4.38. The van der Waals surface area contributed by atoms with Gasteiger partial charge in [0.25, 0.3) is 0 Å². The first-order chi connectivity index (χ1) is 10.6. The lowest BCUT2D eigenvalue weighted by atomic mass is 10.2. The van der Waals surface area contributed by atoms with E-state index in [2.05, 4.69) is 35.5 Å². The van der Waals surface area contributed by atoms with Crippen LogP contribution in [0.25, 0.3) is 0 Å². The molecule has 22 heavy (non-hydrogen) atoms. The molecule has 0 saturated heterocycles. The Hall–Kier alpha value is -2.90. The van der Waals surface area contributed by atoms with Crippen LogP contribution in [0, 0.1) is 35.5 Å². The predicted octanol–water partition coefficient (Wildman–Crippen LogP) is 2.01. The van der Waals surface area contributed by atoms with Gasteiger partial charge in [-0.1, -0.05) is 24.0 Å². The average Bonchev–Trinajstić information content (AvgIpc) is 2.44. The second-order valence-corrected chi connectivity index (χ2v) is 3.91. The minimum atomic E-state index is -0.450. The van der Waals surface area contributed by atoms with Gasteiger partial charge in [-0.25, -0.2) is 0 Å². The minimum absolute atomic E-state index is 0.190. The summed E-state index contributed by atoms with van der Waals surface area (Å²) in [7, 11) is 0. The number of allylic oxidation sites excluding steroid dienone is 3. The molecule has 0 amide bonds. The summed E-state index contributed by atoms with van der Waals surface area (Å²) in [5.41, 5.74) is 0. The van der Waals surface area contributed by atoms with Gasteiger partial charge in [0.05, 0.1) is 6.61 Å². The van der Waals surface area contributed by atoms with E-state index in [9.17, 15) is 9.59 Å². The van der Waals surface area contributed by atoms with Crippen molar-refractivity contribution in [1.29, 1.82) is 0 Å². The van der Waals surface area contributed by atoms with Crippen molar-refractivity contribution in [2.24, 2.45) is 0 Å². The Labute approximate surface area is 131 Å². The highest BCUT2D eigenvalue weighted by Gasteiger charge is 2.08. The van der Waals surface area contributed by atoms with Crippen LogP contribution >= 0.6 is 0 Å². The first-order valence-corrected chi connectivity index (χ1v) is 6.62. The van der Waals surface area contributed by atoms with Crippen LogP contribution in [0.5, 0.6) is 0 Å². The number of ether oxygens (including phenoxy) is 2. The van der Waals surface area contributed by atoms with Gasteiger partial charge in [0.1, 0.15) is 6.10 Å². The maximum Gasteiger partial charge on any atom is 0.303 e. The van der Waals surface area contributed by atoms with Crippen molar-refractivity contribution < 1.29 is 19.1 Å². The molecule has 1 atom stereocenters. The first kappa shape index (κ1) is 19.1. The molecule has 0 aliphatic heterocycles. The van der Waals surface area contributed by atoms with E-state index in [0.29, 0.717) is 6.42 Å². The van der Waals surface area contributed by atoms with Crippen LogP contribution in [0.15, 0.2) is 24.3 Å². The summed E-state index contributed by atoms with van der Waals surface area (Å²) in [5, 5.41) is 0. The molecular weight excluding hydrogens is 280 g/mol. The molecule has 0 aromatic heterocycles. The molecule has 114 valence electrons. The van der Waals surface area contributed by atoms with E-state index < -0.39 is 12.1 Å². The number of carbonyl (C=O) groups is 2. The molecule has 0 N–H and O–H groups in total. The average molecular weight is 298 g/mol. The molecule has 0 rings (SSSR count). The lowest BCUT2D eigenvalue weighted by Crippen LogP contribution is -2.17. The monoisotopic (exact) mass is 298 g/mol. The summed E-state index contributed by atoms with van der Waals surface area (Å²) in [6.07, 6.45) is 6.65. The molecule has 0 unspecified atom stereocenters. The lowest BCUT2D eigenvalue weighted by molar-refractivity contribution is -0.146. The fourth-order valence-electron chi connectivity index (χ4n) is 1.22. The van der Waals surface area contributed by atoms with E-state index in [0.717, 1.165) is 0 Å². The molecule has 0 aromatic carbocycles. The van der Waals surface area contributed by atoms with Gasteiger partial charge in [0.2, 0.25) is 0 Å². The maximum atomic E-state index is 11.0. The molecule has 0 bridgehead atoms. The van der Waals surface area contributed by atoms with E-state index in [-0.39, 0.29) is 12.6 Å². The number of rotatable bonds is 6. The third-order valence-electron chi connectivity index (χ3n) is 2.03. The fraction of sp³-hybridized carbons (Fsp3) is 0.333. The van der Waals surface area contributed by atoms with Crippen molar-refractivity contribution >= 4 is 11.9 Å². The smallest absolute Gasteiger partial charge is 0.303 e. The van der Waals surface area contributed by atoms with Crippen molar-refractivity contribution in [3.05, 3.63) is 24.3 Å². The van der Waals surface area contributed by atoms with Gasteiger partial charge in [-0.3, -0.25) is 9.59 Å². The third-order valence-corrected chi connectivity index (χ3v) is 2.03. The predicted molar refractivity (Wildman–Crippen MR) is 84.1 cm³/mol. The van der Waals surface area contributed by atoms with E-state index in [1.54, 1.807) is 31.2 Å². The molecule has 0 aliphatic carbocycles. The molecule has 0 fully saturated rings. The van der Waals surface area contributed by atoms with Crippen molar-refractivity contribution in [3.8, 4) is 35.5 Å². The largest absolute Gasteiger partial charge is 0.466 e. The highest BCUT2D eigenvalue weighted by molar-refractivity contribution is 5.66. The topological polar surface area (TPSA) is 52.6 Å². The highest BCUT2D eigenvalue weighted by atomic mass is 16.6. The molecule has 0 radical (unpaired) electrons. The minimum Gasteiger partial charge on any atom is -0.466 e. The zero-order chi connectivity index (χ0) is 16.6. The molecule has 4 nitrogen and oxygen atoms in total. The van der Waals surface area contributed by atoms with Crippen molar-refractivity contribution in [1.82, 2.24) is 0 Å². The third kappa shape index (κ3) is 13.5. The first-order valence-electron chi connectivity index (χ1n) is 6.62. The Kier molecular flexibility index (Phi) is 11.4. The van der Waals surface area contributed by atoms with Crippen LogP contribution in [-0.4, -0.2) is 24.6 Å². The zero-order valence-electron chi connectivity index (χ0n) is 12.9. The fourth-order valence-corrected chi connectivity index (χ4v) is 1.22. The van der Waals surface area contributed by atoms with Crippen molar-refractivity contribution in [3.63, 3.8) is 0 Å². The summed E-state index contributed by atoms with van der Waals surface area (Å²) in [4.78, 5) is 21.7. The number of carbonyl (C=O) groups excluding carboxylic acids is 2. The van der Waals surface area contributed by atoms with Crippen LogP contribution in [0.2, 0.25) is 0 Å². The van der Waals surface area contributed by atoms with E-state index in [1.807, 2.05) is 0 Å². The van der Waals surface area contributed by atoms with Crippen LogP contribution in [0.1, 0.15) is 27.2 Å². The Morgan fingerprint density at radius 3 is 2.41 bits per heavy atom. The Morgan fingerprint density at radius 2 is 1.77 bits per heavy atom. The van der Waals surface area contributed by atoms with E-state index in [1.165, 1.54) is 13.8 Å². The van der Waals surface area contributed by atoms with Gasteiger partial charge in [-0.15, -0.1) is 0 Å². The number of esters is 2. The molecular formula is C18H18O4. The second kappa shape index (κ2) is 13.1. The van der Waals surface area contributed by atoms with Gasteiger partial charge < -0.3 is 9.47 Å². The van der Waals surface area contributed by atoms with Gasteiger partial charge >= 0.3 is 11.9 Å². The summed E-state index contributed by atoms with van der Waals surface area (Å²) in [5.74, 6) is 14.9. The number of hydrogen-bond donors (Lipinski definition) is 0. The van der Waals surface area contributed by atoms with Crippen molar-refractivity contribution in [2.45, 2.75) is 33.3 Å². The lowest BCUT2D eigenvalue weighted by Gasteiger charge is -2.12. The summed E-state index contributed by atoms with van der Waals surface area (Å²) < 4.78 is 9.89. The maximum absolute atomic E-state index is 11.0. The van der Waals surface area contributed by atoms with Crippen LogP contribution in [0.3, 0.4) is 0 Å². The normalized spacial score (nSPS) is 10.5. The number of hydrogen-bond acceptors (Lipinski definition) is 4. The molecule has 0 aromatic rings. The molecule has 0 saturated carbocycles. The van der Waals surface area contributed by atoms with E-state index >= 15 is 0 Å². The van der Waals surface area contributed by atoms with Gasteiger partial charge in [0, 0.05) is 20.3 Å². The van der Waals surface area contributed by atoms with Crippen molar-refractivity contribution in [2.75, 3.05) is 6.61 Å². The summed E-state index contributed by atoms with van der Waals surface area (Å²) >= 11 is 0.